The second-order valence-electron chi connectivity index (χ2n) is 4.74. The standard InChI is InChI=1S/C14H21NO/c1-11-5-7-14(8-6-11)16-12(2)13-4-3-9-15-10-13/h5-8,12-13,15H,3-4,9-10H2,1-2H3. The van der Waals surface area contributed by atoms with Crippen molar-refractivity contribution in [1.82, 2.24) is 5.32 Å². The van der Waals surface area contributed by atoms with Crippen LogP contribution in [0.25, 0.3) is 0 Å². The second kappa shape index (κ2) is 5.35. The van der Waals surface area contributed by atoms with Crippen LogP contribution in [0.2, 0.25) is 0 Å². The van der Waals surface area contributed by atoms with Crippen molar-refractivity contribution in [2.24, 2.45) is 5.92 Å². The summed E-state index contributed by atoms with van der Waals surface area (Å²) in [5.74, 6) is 1.64. The fraction of sp³-hybridized carbons (Fsp3) is 0.571. The highest BCUT2D eigenvalue weighted by Crippen LogP contribution is 2.20. The maximum Gasteiger partial charge on any atom is 0.119 e. The summed E-state index contributed by atoms with van der Waals surface area (Å²) in [5, 5.41) is 3.43. The Morgan fingerprint density at radius 2 is 2.06 bits per heavy atom. The van der Waals surface area contributed by atoms with Gasteiger partial charge in [-0.3, -0.25) is 0 Å². The Kier molecular flexibility index (Phi) is 3.83. The Labute approximate surface area is 98.0 Å². The average molecular weight is 219 g/mol. The Bertz CT molecular complexity index is 314. The summed E-state index contributed by atoms with van der Waals surface area (Å²) in [7, 11) is 0. The predicted octanol–water partition coefficient (Wildman–Crippen LogP) is 2.76. The molecule has 88 valence electrons. The van der Waals surface area contributed by atoms with Crippen LogP contribution in [0.4, 0.5) is 0 Å². The first kappa shape index (κ1) is 11.5. The zero-order valence-corrected chi connectivity index (χ0v) is 10.2. The second-order valence-corrected chi connectivity index (χ2v) is 4.74. The minimum absolute atomic E-state index is 0.301. The maximum absolute atomic E-state index is 5.97. The summed E-state index contributed by atoms with van der Waals surface area (Å²) in [6, 6.07) is 8.31. The van der Waals surface area contributed by atoms with Crippen LogP contribution in [0.1, 0.15) is 25.3 Å². The van der Waals surface area contributed by atoms with Crippen LogP contribution in [-0.2, 0) is 0 Å². The lowest BCUT2D eigenvalue weighted by molar-refractivity contribution is 0.131. The van der Waals surface area contributed by atoms with E-state index in [1.165, 1.54) is 18.4 Å². The van der Waals surface area contributed by atoms with Crippen molar-refractivity contribution >= 4 is 0 Å². The average Bonchev–Trinajstić information content (AvgIpc) is 2.33. The zero-order valence-electron chi connectivity index (χ0n) is 10.2. The molecule has 1 aromatic rings. The minimum Gasteiger partial charge on any atom is -0.490 e. The molecule has 2 atom stereocenters. The third kappa shape index (κ3) is 2.99. The molecule has 0 bridgehead atoms. The Balaban J connectivity index is 1.90. The fourth-order valence-corrected chi connectivity index (χ4v) is 2.21. The third-order valence-electron chi connectivity index (χ3n) is 3.34. The summed E-state index contributed by atoms with van der Waals surface area (Å²) in [5.41, 5.74) is 1.28. The van der Waals surface area contributed by atoms with Gasteiger partial charge in [0.05, 0.1) is 6.10 Å². The smallest absolute Gasteiger partial charge is 0.119 e. The molecule has 1 aliphatic heterocycles. The summed E-state index contributed by atoms with van der Waals surface area (Å²) in [6.45, 7) is 6.52. The molecule has 2 unspecified atom stereocenters. The van der Waals surface area contributed by atoms with E-state index in [0.29, 0.717) is 12.0 Å². The number of hydrogen-bond acceptors (Lipinski definition) is 2. The summed E-state index contributed by atoms with van der Waals surface area (Å²) in [6.07, 6.45) is 2.85. The molecule has 0 radical (unpaired) electrons. The van der Waals surface area contributed by atoms with E-state index in [0.717, 1.165) is 18.8 Å². The maximum atomic E-state index is 5.97. The van der Waals surface area contributed by atoms with Crippen LogP contribution < -0.4 is 10.1 Å². The van der Waals surface area contributed by atoms with Crippen molar-refractivity contribution in [3.63, 3.8) is 0 Å². The van der Waals surface area contributed by atoms with Crippen molar-refractivity contribution in [3.05, 3.63) is 29.8 Å². The molecule has 2 nitrogen and oxygen atoms in total. The largest absolute Gasteiger partial charge is 0.490 e. The van der Waals surface area contributed by atoms with Crippen molar-refractivity contribution in [2.45, 2.75) is 32.8 Å². The van der Waals surface area contributed by atoms with Gasteiger partial charge in [-0.25, -0.2) is 0 Å². The van der Waals surface area contributed by atoms with Gasteiger partial charge >= 0.3 is 0 Å². The molecule has 2 heteroatoms. The molecule has 1 aromatic carbocycles. The van der Waals surface area contributed by atoms with E-state index in [2.05, 4.69) is 43.4 Å². The first-order valence-electron chi connectivity index (χ1n) is 6.20. The number of nitrogens with one attached hydrogen (secondary N) is 1. The Morgan fingerprint density at radius 1 is 1.31 bits per heavy atom. The van der Waals surface area contributed by atoms with Crippen LogP contribution in [0.5, 0.6) is 5.75 Å². The van der Waals surface area contributed by atoms with Crippen molar-refractivity contribution < 1.29 is 4.74 Å². The number of rotatable bonds is 3. The van der Waals surface area contributed by atoms with E-state index in [9.17, 15) is 0 Å². The van der Waals surface area contributed by atoms with E-state index < -0.39 is 0 Å². The lowest BCUT2D eigenvalue weighted by atomic mass is 9.94. The van der Waals surface area contributed by atoms with Crippen LogP contribution in [0, 0.1) is 12.8 Å². The molecule has 0 aromatic heterocycles. The number of piperidine rings is 1. The van der Waals surface area contributed by atoms with E-state index >= 15 is 0 Å². The van der Waals surface area contributed by atoms with Gasteiger partial charge in [-0.05, 0) is 45.4 Å². The van der Waals surface area contributed by atoms with Gasteiger partial charge in [-0.1, -0.05) is 17.7 Å². The fourth-order valence-electron chi connectivity index (χ4n) is 2.21. The lowest BCUT2D eigenvalue weighted by Crippen LogP contribution is -2.37. The topological polar surface area (TPSA) is 21.3 Å². The van der Waals surface area contributed by atoms with Gasteiger partial charge in [0.25, 0.3) is 0 Å². The predicted molar refractivity (Wildman–Crippen MR) is 66.9 cm³/mol. The van der Waals surface area contributed by atoms with Crippen molar-refractivity contribution in [3.8, 4) is 5.75 Å². The molecule has 16 heavy (non-hydrogen) atoms. The van der Waals surface area contributed by atoms with Gasteiger partial charge < -0.3 is 10.1 Å². The van der Waals surface area contributed by atoms with Crippen LogP contribution in [-0.4, -0.2) is 19.2 Å². The molecule has 0 spiro atoms. The molecule has 1 fully saturated rings. The van der Waals surface area contributed by atoms with Crippen molar-refractivity contribution in [2.75, 3.05) is 13.1 Å². The van der Waals surface area contributed by atoms with E-state index in [1.54, 1.807) is 0 Å². The quantitative estimate of drug-likeness (QED) is 0.844. The number of benzene rings is 1. The van der Waals surface area contributed by atoms with Gasteiger partial charge in [0, 0.05) is 12.5 Å². The SMILES string of the molecule is Cc1ccc(OC(C)C2CCCNC2)cc1. The monoisotopic (exact) mass is 219 g/mol. The van der Waals surface area contributed by atoms with Crippen LogP contribution in [0.3, 0.4) is 0 Å². The molecule has 1 N–H and O–H groups in total. The summed E-state index contributed by atoms with van der Waals surface area (Å²) < 4.78 is 5.97. The molecule has 1 saturated heterocycles. The van der Waals surface area contributed by atoms with Gasteiger partial charge in [-0.15, -0.1) is 0 Å². The molecule has 0 aliphatic carbocycles. The third-order valence-corrected chi connectivity index (χ3v) is 3.34. The molecular weight excluding hydrogens is 198 g/mol. The number of hydrogen-bond donors (Lipinski definition) is 1. The van der Waals surface area contributed by atoms with E-state index in [-0.39, 0.29) is 0 Å². The summed E-state index contributed by atoms with van der Waals surface area (Å²) >= 11 is 0. The molecule has 0 amide bonds. The van der Waals surface area contributed by atoms with Crippen molar-refractivity contribution in [1.29, 1.82) is 0 Å². The van der Waals surface area contributed by atoms with Gasteiger partial charge in [-0.2, -0.15) is 0 Å². The first-order chi connectivity index (χ1) is 7.75. The number of aryl methyl sites for hydroxylation is 1. The lowest BCUT2D eigenvalue weighted by Gasteiger charge is -2.28. The zero-order chi connectivity index (χ0) is 11.4. The highest BCUT2D eigenvalue weighted by molar-refractivity contribution is 5.26. The minimum atomic E-state index is 0.301. The summed E-state index contributed by atoms with van der Waals surface area (Å²) in [4.78, 5) is 0. The van der Waals surface area contributed by atoms with E-state index in [4.69, 9.17) is 4.74 Å². The molecule has 2 rings (SSSR count). The van der Waals surface area contributed by atoms with Gasteiger partial charge in [0.2, 0.25) is 0 Å². The number of ether oxygens (including phenoxy) is 1. The molecule has 1 heterocycles. The Hall–Kier alpha value is -1.02. The highest BCUT2D eigenvalue weighted by Gasteiger charge is 2.20. The molecule has 1 aliphatic rings. The Morgan fingerprint density at radius 3 is 2.69 bits per heavy atom. The van der Waals surface area contributed by atoms with Crippen LogP contribution >= 0.6 is 0 Å². The molecular formula is C14H21NO. The highest BCUT2D eigenvalue weighted by atomic mass is 16.5. The van der Waals surface area contributed by atoms with Gasteiger partial charge in [0.1, 0.15) is 5.75 Å². The molecule has 0 saturated carbocycles. The normalized spacial score (nSPS) is 22.8. The van der Waals surface area contributed by atoms with Crippen LogP contribution in [0.15, 0.2) is 24.3 Å². The van der Waals surface area contributed by atoms with E-state index in [1.807, 2.05) is 0 Å². The van der Waals surface area contributed by atoms with Gasteiger partial charge in [0.15, 0.2) is 0 Å². The first-order valence-corrected chi connectivity index (χ1v) is 6.20.